The van der Waals surface area contributed by atoms with Crippen molar-refractivity contribution in [2.75, 3.05) is 27.2 Å². The number of sulfonamides is 1. The maximum atomic E-state index is 12.5. The van der Waals surface area contributed by atoms with Crippen molar-refractivity contribution in [3.05, 3.63) is 28.7 Å². The molecule has 0 spiro atoms. The van der Waals surface area contributed by atoms with Crippen LogP contribution in [0.15, 0.2) is 33.6 Å². The predicted molar refractivity (Wildman–Crippen MR) is 79.7 cm³/mol. The smallest absolute Gasteiger partial charge is 0.243 e. The molecule has 1 atom stereocenters. The largest absolute Gasteiger partial charge is 0.349 e. The minimum atomic E-state index is -3.52. The van der Waals surface area contributed by atoms with Crippen LogP contribution < -0.4 is 0 Å². The third-order valence-electron chi connectivity index (χ3n) is 3.37. The van der Waals surface area contributed by atoms with Crippen LogP contribution in [0.5, 0.6) is 0 Å². The Morgan fingerprint density at radius 1 is 1.40 bits per heavy atom. The topological polar surface area (TPSA) is 57.7 Å². The van der Waals surface area contributed by atoms with Gasteiger partial charge in [-0.05, 0) is 24.6 Å². The van der Waals surface area contributed by atoms with Gasteiger partial charge in [-0.3, -0.25) is 4.79 Å². The first kappa shape index (κ1) is 15.5. The van der Waals surface area contributed by atoms with E-state index in [1.165, 1.54) is 9.21 Å². The van der Waals surface area contributed by atoms with Gasteiger partial charge in [-0.2, -0.15) is 4.31 Å². The van der Waals surface area contributed by atoms with Crippen molar-refractivity contribution < 1.29 is 13.2 Å². The molecular formula is C13H17BrN2O3S. The first-order valence-electron chi connectivity index (χ1n) is 6.29. The Kier molecular flexibility index (Phi) is 4.51. The molecule has 1 aliphatic heterocycles. The summed E-state index contributed by atoms with van der Waals surface area (Å²) >= 11 is 3.27. The van der Waals surface area contributed by atoms with Gasteiger partial charge in [-0.25, -0.2) is 8.42 Å². The quantitative estimate of drug-likeness (QED) is 0.821. The zero-order valence-corrected chi connectivity index (χ0v) is 13.8. The molecular weight excluding hydrogens is 344 g/mol. The second-order valence-electron chi connectivity index (χ2n) is 5.04. The van der Waals surface area contributed by atoms with Gasteiger partial charge in [0.2, 0.25) is 15.9 Å². The summed E-state index contributed by atoms with van der Waals surface area (Å²) < 4.78 is 27.1. The summed E-state index contributed by atoms with van der Waals surface area (Å²) in [6.45, 7) is 0.644. The highest BCUT2D eigenvalue weighted by Crippen LogP contribution is 2.26. The lowest BCUT2D eigenvalue weighted by Gasteiger charge is -2.18. The summed E-state index contributed by atoms with van der Waals surface area (Å²) in [5, 5.41) is 0. The number of hydrogen-bond donors (Lipinski definition) is 0. The lowest BCUT2D eigenvalue weighted by Crippen LogP contribution is -2.34. The van der Waals surface area contributed by atoms with E-state index in [1.54, 1.807) is 38.4 Å². The zero-order chi connectivity index (χ0) is 14.9. The Labute approximate surface area is 127 Å². The molecule has 0 radical (unpaired) electrons. The maximum Gasteiger partial charge on any atom is 0.243 e. The molecule has 1 unspecified atom stereocenters. The predicted octanol–water partition coefficient (Wildman–Crippen LogP) is 1.55. The molecule has 1 aromatic carbocycles. The summed E-state index contributed by atoms with van der Waals surface area (Å²) in [5.74, 6) is -0.260. The van der Waals surface area contributed by atoms with Gasteiger partial charge < -0.3 is 4.90 Å². The number of nitrogens with zero attached hydrogens (tertiary/aromatic N) is 2. The number of amides is 1. The van der Waals surface area contributed by atoms with Crippen LogP contribution in [0.3, 0.4) is 0 Å². The van der Waals surface area contributed by atoms with Crippen LogP contribution in [0.1, 0.15) is 6.42 Å². The molecule has 0 aromatic heterocycles. The molecule has 1 saturated heterocycles. The Morgan fingerprint density at radius 2 is 2.10 bits per heavy atom. The Hall–Kier alpha value is -0.920. The molecule has 20 heavy (non-hydrogen) atoms. The highest BCUT2D eigenvalue weighted by Gasteiger charge is 2.36. The maximum absolute atomic E-state index is 12.5. The van der Waals surface area contributed by atoms with E-state index in [-0.39, 0.29) is 23.3 Å². The molecule has 110 valence electrons. The van der Waals surface area contributed by atoms with E-state index in [1.807, 2.05) is 0 Å². The second-order valence-corrected chi connectivity index (χ2v) is 7.89. The molecule has 2 rings (SSSR count). The Balaban J connectivity index is 2.19. The summed E-state index contributed by atoms with van der Waals surface area (Å²) in [6.07, 6.45) is 0.574. The van der Waals surface area contributed by atoms with E-state index in [9.17, 15) is 13.2 Å². The van der Waals surface area contributed by atoms with E-state index in [4.69, 9.17) is 0 Å². The number of benzene rings is 1. The average Bonchev–Trinajstić information content (AvgIpc) is 2.87. The minimum Gasteiger partial charge on any atom is -0.349 e. The third kappa shape index (κ3) is 3.05. The van der Waals surface area contributed by atoms with Crippen LogP contribution in [0.4, 0.5) is 0 Å². The number of carbonyl (C=O) groups excluding carboxylic acids is 1. The highest BCUT2D eigenvalue weighted by atomic mass is 79.9. The van der Waals surface area contributed by atoms with Crippen LogP contribution in [0.2, 0.25) is 0 Å². The van der Waals surface area contributed by atoms with Gasteiger partial charge in [-0.15, -0.1) is 0 Å². The Morgan fingerprint density at radius 3 is 2.70 bits per heavy atom. The van der Waals surface area contributed by atoms with Gasteiger partial charge in [0.05, 0.1) is 10.8 Å². The average molecular weight is 361 g/mol. The minimum absolute atomic E-state index is 0.0167. The molecule has 1 heterocycles. The molecule has 1 aromatic rings. The van der Waals surface area contributed by atoms with Crippen LogP contribution in [0, 0.1) is 5.92 Å². The van der Waals surface area contributed by atoms with Crippen LogP contribution in [-0.2, 0) is 14.8 Å². The molecule has 1 amide bonds. The molecule has 5 nitrogen and oxygen atoms in total. The van der Waals surface area contributed by atoms with Crippen molar-refractivity contribution in [2.45, 2.75) is 11.3 Å². The molecule has 0 aliphatic carbocycles. The SMILES string of the molecule is CN(C)C(=O)C1CCN(S(=O)(=O)c2cccc(Br)c2)C1. The van der Waals surface area contributed by atoms with E-state index in [2.05, 4.69) is 15.9 Å². The van der Waals surface area contributed by atoms with E-state index < -0.39 is 10.0 Å². The van der Waals surface area contributed by atoms with Crippen molar-refractivity contribution in [3.8, 4) is 0 Å². The molecule has 0 N–H and O–H groups in total. The summed E-state index contributed by atoms with van der Waals surface area (Å²) in [7, 11) is -0.144. The monoisotopic (exact) mass is 360 g/mol. The molecule has 1 fully saturated rings. The van der Waals surface area contributed by atoms with Gasteiger partial charge in [0.15, 0.2) is 0 Å². The van der Waals surface area contributed by atoms with Crippen LogP contribution >= 0.6 is 15.9 Å². The second kappa shape index (κ2) is 5.83. The van der Waals surface area contributed by atoms with Crippen molar-refractivity contribution in [1.29, 1.82) is 0 Å². The van der Waals surface area contributed by atoms with Gasteiger partial charge >= 0.3 is 0 Å². The van der Waals surface area contributed by atoms with Crippen molar-refractivity contribution in [3.63, 3.8) is 0 Å². The first-order chi connectivity index (χ1) is 9.32. The number of hydrogen-bond acceptors (Lipinski definition) is 3. The molecule has 0 saturated carbocycles. The molecule has 1 aliphatic rings. The van der Waals surface area contributed by atoms with Crippen molar-refractivity contribution >= 4 is 31.9 Å². The highest BCUT2D eigenvalue weighted by molar-refractivity contribution is 9.10. The standard InChI is InChI=1S/C13H17BrN2O3S/c1-15(2)13(17)10-6-7-16(9-10)20(18,19)12-5-3-4-11(14)8-12/h3-5,8,10H,6-7,9H2,1-2H3. The number of halogens is 1. The van der Waals surface area contributed by atoms with Crippen LogP contribution in [0.25, 0.3) is 0 Å². The zero-order valence-electron chi connectivity index (χ0n) is 11.4. The van der Waals surface area contributed by atoms with E-state index >= 15 is 0 Å². The summed E-state index contributed by atoms with van der Waals surface area (Å²) in [5.41, 5.74) is 0. The lowest BCUT2D eigenvalue weighted by molar-refractivity contribution is -0.132. The van der Waals surface area contributed by atoms with E-state index in [0.29, 0.717) is 13.0 Å². The fourth-order valence-electron chi connectivity index (χ4n) is 2.29. The fraction of sp³-hybridized carbons (Fsp3) is 0.462. The van der Waals surface area contributed by atoms with Crippen LogP contribution in [-0.4, -0.2) is 50.7 Å². The third-order valence-corrected chi connectivity index (χ3v) is 5.73. The normalized spacial score (nSPS) is 20.1. The Bertz CT molecular complexity index is 616. The van der Waals surface area contributed by atoms with E-state index in [0.717, 1.165) is 4.47 Å². The first-order valence-corrected chi connectivity index (χ1v) is 8.52. The van der Waals surface area contributed by atoms with Gasteiger partial charge in [0.1, 0.15) is 0 Å². The van der Waals surface area contributed by atoms with Crippen molar-refractivity contribution in [2.24, 2.45) is 5.92 Å². The number of rotatable bonds is 3. The lowest BCUT2D eigenvalue weighted by atomic mass is 10.1. The molecule has 0 bridgehead atoms. The van der Waals surface area contributed by atoms with Gasteiger partial charge in [-0.1, -0.05) is 22.0 Å². The summed E-state index contributed by atoms with van der Waals surface area (Å²) in [4.78, 5) is 13.7. The van der Waals surface area contributed by atoms with Gasteiger partial charge in [0.25, 0.3) is 0 Å². The van der Waals surface area contributed by atoms with Gasteiger partial charge in [0, 0.05) is 31.7 Å². The molecule has 7 heteroatoms. The summed E-state index contributed by atoms with van der Waals surface area (Å²) in [6, 6.07) is 6.62. The number of carbonyl (C=O) groups is 1. The fourth-order valence-corrected chi connectivity index (χ4v) is 4.39. The van der Waals surface area contributed by atoms with Crippen molar-refractivity contribution in [1.82, 2.24) is 9.21 Å².